The van der Waals surface area contributed by atoms with Crippen molar-refractivity contribution in [2.24, 2.45) is 5.41 Å². The van der Waals surface area contributed by atoms with Gasteiger partial charge in [0.1, 0.15) is 5.41 Å². The number of nitrogens with one attached hydrogen (secondary N) is 2. The largest absolute Gasteiger partial charge is 0.493 e. The Morgan fingerprint density at radius 1 is 1.08 bits per heavy atom. The predicted octanol–water partition coefficient (Wildman–Crippen LogP) is 2.13. The molecule has 7 heteroatoms. The second-order valence-electron chi connectivity index (χ2n) is 6.11. The van der Waals surface area contributed by atoms with E-state index in [4.69, 9.17) is 9.47 Å². The van der Waals surface area contributed by atoms with Crippen molar-refractivity contribution in [3.8, 4) is 11.5 Å². The molecule has 0 aliphatic heterocycles. The van der Waals surface area contributed by atoms with E-state index in [0.29, 0.717) is 36.6 Å². The van der Waals surface area contributed by atoms with Crippen molar-refractivity contribution >= 4 is 17.5 Å². The number of pyridine rings is 1. The monoisotopic (exact) mass is 355 g/mol. The molecular formula is C19H21N3O4. The van der Waals surface area contributed by atoms with E-state index in [1.165, 1.54) is 7.11 Å². The minimum absolute atomic E-state index is 0.277. The van der Waals surface area contributed by atoms with E-state index in [9.17, 15) is 9.59 Å². The van der Waals surface area contributed by atoms with E-state index in [2.05, 4.69) is 15.6 Å². The van der Waals surface area contributed by atoms with Crippen molar-refractivity contribution in [2.45, 2.75) is 19.4 Å². The van der Waals surface area contributed by atoms with Crippen LogP contribution in [0.4, 0.5) is 5.69 Å². The molecule has 7 nitrogen and oxygen atoms in total. The molecular weight excluding hydrogens is 334 g/mol. The zero-order valence-corrected chi connectivity index (χ0v) is 14.7. The van der Waals surface area contributed by atoms with Crippen molar-refractivity contribution in [1.29, 1.82) is 0 Å². The van der Waals surface area contributed by atoms with E-state index >= 15 is 0 Å². The summed E-state index contributed by atoms with van der Waals surface area (Å²) in [5, 5.41) is 5.60. The predicted molar refractivity (Wildman–Crippen MR) is 95.9 cm³/mol. The lowest BCUT2D eigenvalue weighted by molar-refractivity contribution is -0.134. The molecule has 136 valence electrons. The van der Waals surface area contributed by atoms with Crippen molar-refractivity contribution in [1.82, 2.24) is 10.3 Å². The molecule has 0 radical (unpaired) electrons. The van der Waals surface area contributed by atoms with Gasteiger partial charge in [0.05, 0.1) is 26.5 Å². The molecule has 2 N–H and O–H groups in total. The molecule has 3 rings (SSSR count). The second kappa shape index (κ2) is 7.43. The maximum atomic E-state index is 12.6. The highest BCUT2D eigenvalue weighted by Gasteiger charge is 2.56. The molecule has 2 aromatic rings. The summed E-state index contributed by atoms with van der Waals surface area (Å²) in [5.74, 6) is 0.485. The minimum Gasteiger partial charge on any atom is -0.493 e. The summed E-state index contributed by atoms with van der Waals surface area (Å²) >= 11 is 0. The number of hydrogen-bond acceptors (Lipinski definition) is 5. The molecule has 26 heavy (non-hydrogen) atoms. The molecule has 0 saturated heterocycles. The van der Waals surface area contributed by atoms with Gasteiger partial charge in [-0.1, -0.05) is 6.07 Å². The highest BCUT2D eigenvalue weighted by atomic mass is 16.5. The van der Waals surface area contributed by atoms with Crippen LogP contribution in [0.3, 0.4) is 0 Å². The number of benzene rings is 1. The highest BCUT2D eigenvalue weighted by Crippen LogP contribution is 2.47. The minimum atomic E-state index is -1.01. The number of methoxy groups -OCH3 is 2. The van der Waals surface area contributed by atoms with Gasteiger partial charge in [-0.15, -0.1) is 0 Å². The summed E-state index contributed by atoms with van der Waals surface area (Å²) in [6.45, 7) is 0.297. The number of ether oxygens (including phenoxy) is 2. The van der Waals surface area contributed by atoms with Gasteiger partial charge in [-0.2, -0.15) is 0 Å². The van der Waals surface area contributed by atoms with Crippen molar-refractivity contribution < 1.29 is 19.1 Å². The Hall–Kier alpha value is -3.09. The van der Waals surface area contributed by atoms with Crippen LogP contribution in [0.5, 0.6) is 11.5 Å². The summed E-state index contributed by atoms with van der Waals surface area (Å²) in [5.41, 5.74) is 0.287. The zero-order chi connectivity index (χ0) is 18.6. The Kier molecular flexibility index (Phi) is 5.06. The zero-order valence-electron chi connectivity index (χ0n) is 14.7. The van der Waals surface area contributed by atoms with Crippen LogP contribution < -0.4 is 20.1 Å². The normalized spacial score (nSPS) is 14.2. The number of carbonyl (C=O) groups excluding carboxylic acids is 2. The lowest BCUT2D eigenvalue weighted by Gasteiger charge is -2.16. The molecule has 1 heterocycles. The van der Waals surface area contributed by atoms with Gasteiger partial charge in [0.15, 0.2) is 11.5 Å². The SMILES string of the molecule is COc1ccc(NC(=O)C2(C(=O)NCc3ccccn3)CC2)cc1OC. The molecule has 0 spiro atoms. The summed E-state index contributed by atoms with van der Waals surface area (Å²) in [7, 11) is 3.07. The van der Waals surface area contributed by atoms with Crippen molar-refractivity contribution in [2.75, 3.05) is 19.5 Å². The number of hydrogen-bond donors (Lipinski definition) is 2. The fourth-order valence-corrected chi connectivity index (χ4v) is 2.69. The molecule has 1 aliphatic rings. The number of aromatic nitrogens is 1. The standard InChI is InChI=1S/C19H21N3O4/c1-25-15-7-6-13(11-16(15)26-2)22-18(24)19(8-9-19)17(23)21-12-14-5-3-4-10-20-14/h3-7,10-11H,8-9,12H2,1-2H3,(H,21,23)(H,22,24). The van der Waals surface area contributed by atoms with Crippen LogP contribution >= 0.6 is 0 Å². The first-order chi connectivity index (χ1) is 12.6. The number of nitrogens with zero attached hydrogens (tertiary/aromatic N) is 1. The number of anilines is 1. The molecule has 0 bridgehead atoms. The molecule has 1 saturated carbocycles. The molecule has 0 unspecified atom stereocenters. The Morgan fingerprint density at radius 3 is 2.46 bits per heavy atom. The average Bonchev–Trinajstić information content (AvgIpc) is 3.49. The second-order valence-corrected chi connectivity index (χ2v) is 6.11. The van der Waals surface area contributed by atoms with Gasteiger partial charge in [-0.3, -0.25) is 14.6 Å². The maximum absolute atomic E-state index is 12.6. The van der Waals surface area contributed by atoms with E-state index in [-0.39, 0.29) is 11.8 Å². The van der Waals surface area contributed by atoms with E-state index in [1.807, 2.05) is 18.2 Å². The topological polar surface area (TPSA) is 89.5 Å². The Balaban J connectivity index is 1.64. The van der Waals surface area contributed by atoms with Gasteiger partial charge in [-0.05, 0) is 37.1 Å². The highest BCUT2D eigenvalue weighted by molar-refractivity contribution is 6.13. The van der Waals surface area contributed by atoms with E-state index < -0.39 is 5.41 Å². The molecule has 1 aliphatic carbocycles. The number of amides is 2. The van der Waals surface area contributed by atoms with Gasteiger partial charge in [-0.25, -0.2) is 0 Å². The van der Waals surface area contributed by atoms with Gasteiger partial charge < -0.3 is 20.1 Å². The smallest absolute Gasteiger partial charge is 0.240 e. The Morgan fingerprint density at radius 2 is 1.85 bits per heavy atom. The first-order valence-electron chi connectivity index (χ1n) is 8.31. The van der Waals surface area contributed by atoms with Crippen LogP contribution in [0.25, 0.3) is 0 Å². The van der Waals surface area contributed by atoms with Gasteiger partial charge in [0, 0.05) is 18.0 Å². The summed E-state index contributed by atoms with van der Waals surface area (Å²) in [6, 6.07) is 10.6. The van der Waals surface area contributed by atoms with E-state index in [1.54, 1.807) is 31.5 Å². The summed E-state index contributed by atoms with van der Waals surface area (Å²) in [4.78, 5) is 29.3. The van der Waals surface area contributed by atoms with Crippen LogP contribution in [-0.2, 0) is 16.1 Å². The summed E-state index contributed by atoms with van der Waals surface area (Å²) in [6.07, 6.45) is 2.72. The maximum Gasteiger partial charge on any atom is 0.240 e. The third kappa shape index (κ3) is 3.61. The third-order valence-corrected chi connectivity index (χ3v) is 4.42. The van der Waals surface area contributed by atoms with Crippen LogP contribution in [-0.4, -0.2) is 31.0 Å². The van der Waals surface area contributed by atoms with Crippen molar-refractivity contribution in [3.05, 3.63) is 48.3 Å². The van der Waals surface area contributed by atoms with Gasteiger partial charge >= 0.3 is 0 Å². The first kappa shape index (κ1) is 17.7. The molecule has 1 aromatic carbocycles. The Bertz CT molecular complexity index is 804. The molecule has 1 fully saturated rings. The average molecular weight is 355 g/mol. The lowest BCUT2D eigenvalue weighted by atomic mass is 10.0. The third-order valence-electron chi connectivity index (χ3n) is 4.42. The van der Waals surface area contributed by atoms with Crippen LogP contribution in [0.2, 0.25) is 0 Å². The number of carbonyl (C=O) groups is 2. The van der Waals surface area contributed by atoms with Crippen LogP contribution in [0, 0.1) is 5.41 Å². The van der Waals surface area contributed by atoms with Crippen LogP contribution in [0.15, 0.2) is 42.6 Å². The quantitative estimate of drug-likeness (QED) is 0.743. The molecule has 2 amide bonds. The molecule has 1 aromatic heterocycles. The Labute approximate surface area is 151 Å². The first-order valence-corrected chi connectivity index (χ1v) is 8.31. The fourth-order valence-electron chi connectivity index (χ4n) is 2.69. The lowest BCUT2D eigenvalue weighted by Crippen LogP contribution is -2.39. The van der Waals surface area contributed by atoms with Crippen LogP contribution in [0.1, 0.15) is 18.5 Å². The number of rotatable bonds is 7. The summed E-state index contributed by atoms with van der Waals surface area (Å²) < 4.78 is 10.4. The van der Waals surface area contributed by atoms with Crippen molar-refractivity contribution in [3.63, 3.8) is 0 Å². The fraction of sp³-hybridized carbons (Fsp3) is 0.316. The van der Waals surface area contributed by atoms with Gasteiger partial charge in [0.25, 0.3) is 0 Å². The molecule has 0 atom stereocenters. The van der Waals surface area contributed by atoms with E-state index in [0.717, 1.165) is 5.69 Å². The van der Waals surface area contributed by atoms with Gasteiger partial charge in [0.2, 0.25) is 11.8 Å².